The van der Waals surface area contributed by atoms with Gasteiger partial charge in [-0.25, -0.2) is 4.68 Å². The van der Waals surface area contributed by atoms with Gasteiger partial charge in [-0.05, 0) is 42.7 Å². The number of hydrogen-bond donors (Lipinski definition) is 1. The van der Waals surface area contributed by atoms with Crippen LogP contribution in [0, 0.1) is 0 Å². The van der Waals surface area contributed by atoms with E-state index in [1.54, 1.807) is 0 Å². The van der Waals surface area contributed by atoms with Crippen LogP contribution in [0.15, 0.2) is 6.33 Å². The van der Waals surface area contributed by atoms with Crippen molar-refractivity contribution >= 4 is 5.91 Å². The third-order valence-corrected chi connectivity index (χ3v) is 3.58. The Morgan fingerprint density at radius 3 is 2.94 bits per heavy atom. The second-order valence-electron chi connectivity index (χ2n) is 5.08. The van der Waals surface area contributed by atoms with Crippen molar-refractivity contribution in [1.82, 2.24) is 30.4 Å². The van der Waals surface area contributed by atoms with Crippen LogP contribution in [0.4, 0.5) is 0 Å². The summed E-state index contributed by atoms with van der Waals surface area (Å²) in [7, 11) is 0. The smallest absolute Gasteiger partial charge is 0.244 e. The molecule has 1 N–H and O–H groups in total. The minimum atomic E-state index is 0.124. The van der Waals surface area contributed by atoms with E-state index in [2.05, 4.69) is 20.8 Å². The van der Waals surface area contributed by atoms with Gasteiger partial charge in [-0.15, -0.1) is 5.10 Å². The average molecular weight is 250 g/mol. The number of aromatic nitrogens is 4. The molecule has 98 valence electrons. The molecule has 1 atom stereocenters. The lowest BCUT2D eigenvalue weighted by molar-refractivity contribution is -0.133. The summed E-state index contributed by atoms with van der Waals surface area (Å²) in [6.07, 6.45) is 6.13. The zero-order valence-corrected chi connectivity index (χ0v) is 10.3. The van der Waals surface area contributed by atoms with E-state index < -0.39 is 0 Å². The highest BCUT2D eigenvalue weighted by molar-refractivity contribution is 5.76. The van der Waals surface area contributed by atoms with Crippen molar-refractivity contribution in [2.24, 2.45) is 0 Å². The van der Waals surface area contributed by atoms with Crippen LogP contribution in [-0.4, -0.2) is 56.2 Å². The van der Waals surface area contributed by atoms with E-state index in [1.165, 1.54) is 23.9 Å². The number of carbonyl (C=O) groups excluding carboxylic acids is 1. The average Bonchev–Trinajstić information content (AvgIpc) is 2.87. The van der Waals surface area contributed by atoms with Crippen molar-refractivity contribution in [3.63, 3.8) is 0 Å². The van der Waals surface area contributed by atoms with Crippen LogP contribution in [0.1, 0.15) is 25.7 Å². The summed E-state index contributed by atoms with van der Waals surface area (Å²) in [6.45, 7) is 2.15. The van der Waals surface area contributed by atoms with Crippen molar-refractivity contribution in [2.75, 3.05) is 13.1 Å². The minimum absolute atomic E-state index is 0.124. The zero-order chi connectivity index (χ0) is 12.4. The van der Waals surface area contributed by atoms with Gasteiger partial charge in [0, 0.05) is 18.6 Å². The van der Waals surface area contributed by atoms with Crippen LogP contribution in [0.25, 0.3) is 0 Å². The van der Waals surface area contributed by atoms with Crippen molar-refractivity contribution < 1.29 is 4.79 Å². The van der Waals surface area contributed by atoms with Crippen molar-refractivity contribution in [3.05, 3.63) is 6.33 Å². The number of carbonyl (C=O) groups is 1. The topological polar surface area (TPSA) is 75.9 Å². The molecule has 2 heterocycles. The van der Waals surface area contributed by atoms with Gasteiger partial charge < -0.3 is 10.2 Å². The zero-order valence-electron chi connectivity index (χ0n) is 10.3. The fourth-order valence-corrected chi connectivity index (χ4v) is 2.47. The summed E-state index contributed by atoms with van der Waals surface area (Å²) < 4.78 is 1.49. The Labute approximate surface area is 106 Å². The van der Waals surface area contributed by atoms with Crippen LogP contribution in [-0.2, 0) is 11.3 Å². The van der Waals surface area contributed by atoms with Gasteiger partial charge in [-0.2, -0.15) is 0 Å². The third kappa shape index (κ3) is 2.66. The van der Waals surface area contributed by atoms with E-state index in [9.17, 15) is 4.79 Å². The maximum atomic E-state index is 12.3. The van der Waals surface area contributed by atoms with Crippen LogP contribution >= 0.6 is 0 Å². The first kappa shape index (κ1) is 11.6. The molecule has 0 radical (unpaired) electrons. The van der Waals surface area contributed by atoms with E-state index in [-0.39, 0.29) is 12.5 Å². The molecule has 3 rings (SSSR count). The predicted molar refractivity (Wildman–Crippen MR) is 63.6 cm³/mol. The van der Waals surface area contributed by atoms with E-state index in [0.717, 1.165) is 25.9 Å². The van der Waals surface area contributed by atoms with Crippen molar-refractivity contribution in [1.29, 1.82) is 0 Å². The highest BCUT2D eigenvalue weighted by Crippen LogP contribution is 2.28. The Hall–Kier alpha value is -1.50. The molecule has 7 heteroatoms. The van der Waals surface area contributed by atoms with Gasteiger partial charge in [0.05, 0.1) is 0 Å². The predicted octanol–water partition coefficient (Wildman–Crippen LogP) is -0.584. The fourth-order valence-electron chi connectivity index (χ4n) is 2.47. The van der Waals surface area contributed by atoms with E-state index in [0.29, 0.717) is 12.1 Å². The van der Waals surface area contributed by atoms with E-state index in [1.807, 2.05) is 4.90 Å². The Balaban J connectivity index is 1.59. The maximum Gasteiger partial charge on any atom is 0.244 e. The highest BCUT2D eigenvalue weighted by Gasteiger charge is 2.34. The van der Waals surface area contributed by atoms with Gasteiger partial charge in [-0.1, -0.05) is 0 Å². The number of tetrazole rings is 1. The first-order valence-electron chi connectivity index (χ1n) is 6.56. The first-order valence-corrected chi connectivity index (χ1v) is 6.56. The molecule has 2 fully saturated rings. The Morgan fingerprint density at radius 1 is 1.44 bits per heavy atom. The summed E-state index contributed by atoms with van der Waals surface area (Å²) >= 11 is 0. The molecule has 1 amide bonds. The Bertz CT molecular complexity index is 396. The number of nitrogens with one attached hydrogen (secondary N) is 1. The first-order chi connectivity index (χ1) is 8.83. The third-order valence-electron chi connectivity index (χ3n) is 3.58. The molecule has 0 aromatic carbocycles. The lowest BCUT2D eigenvalue weighted by Gasteiger charge is -2.25. The molecule has 1 aliphatic carbocycles. The molecule has 1 aromatic rings. The van der Waals surface area contributed by atoms with Crippen LogP contribution < -0.4 is 5.32 Å². The second kappa shape index (κ2) is 5.01. The minimum Gasteiger partial charge on any atom is -0.337 e. The molecule has 1 aromatic heterocycles. The largest absolute Gasteiger partial charge is 0.337 e. The Morgan fingerprint density at radius 2 is 2.33 bits per heavy atom. The quantitative estimate of drug-likeness (QED) is 0.756. The monoisotopic (exact) mass is 250 g/mol. The van der Waals surface area contributed by atoms with Gasteiger partial charge in [0.2, 0.25) is 5.91 Å². The van der Waals surface area contributed by atoms with Crippen LogP contribution in [0.3, 0.4) is 0 Å². The van der Waals surface area contributed by atoms with E-state index >= 15 is 0 Å². The molecule has 1 saturated carbocycles. The maximum absolute atomic E-state index is 12.3. The van der Waals surface area contributed by atoms with Gasteiger partial charge in [0.15, 0.2) is 0 Å². The molecule has 1 unspecified atom stereocenters. The number of rotatable bonds is 5. The molecule has 0 spiro atoms. The second-order valence-corrected chi connectivity index (χ2v) is 5.08. The van der Waals surface area contributed by atoms with Gasteiger partial charge >= 0.3 is 0 Å². The summed E-state index contributed by atoms with van der Waals surface area (Å²) in [6, 6.07) is 0.903. The van der Waals surface area contributed by atoms with Crippen LogP contribution in [0.2, 0.25) is 0 Å². The van der Waals surface area contributed by atoms with Gasteiger partial charge in [0.25, 0.3) is 0 Å². The number of amides is 1. The van der Waals surface area contributed by atoms with Crippen LogP contribution in [0.5, 0.6) is 0 Å². The highest BCUT2D eigenvalue weighted by atomic mass is 16.2. The molecule has 1 aliphatic heterocycles. The molecular weight excluding hydrogens is 232 g/mol. The summed E-state index contributed by atoms with van der Waals surface area (Å²) in [5.41, 5.74) is 0. The van der Waals surface area contributed by atoms with Gasteiger partial charge in [0.1, 0.15) is 12.9 Å². The standard InChI is InChI=1S/C11H18N6O/c18-11(7-16-8-13-14-15-16)17(10-3-4-10)6-9-2-1-5-12-9/h8-10,12H,1-7H2. The summed E-state index contributed by atoms with van der Waals surface area (Å²) in [5.74, 6) is 0.124. The normalized spacial score (nSPS) is 23.2. The SMILES string of the molecule is O=C(Cn1cnnn1)N(CC1CCCN1)C1CC1. The van der Waals surface area contributed by atoms with Crippen molar-refractivity contribution in [2.45, 2.75) is 44.3 Å². The fraction of sp³-hybridized carbons (Fsp3) is 0.818. The number of nitrogens with zero attached hydrogens (tertiary/aromatic N) is 5. The van der Waals surface area contributed by atoms with Gasteiger partial charge in [-0.3, -0.25) is 4.79 Å². The summed E-state index contributed by atoms with van der Waals surface area (Å²) in [4.78, 5) is 14.3. The number of hydrogen-bond acceptors (Lipinski definition) is 5. The molecule has 7 nitrogen and oxygen atoms in total. The van der Waals surface area contributed by atoms with Crippen molar-refractivity contribution in [3.8, 4) is 0 Å². The molecule has 1 saturated heterocycles. The molecule has 0 bridgehead atoms. The molecule has 18 heavy (non-hydrogen) atoms. The summed E-state index contributed by atoms with van der Waals surface area (Å²) in [5, 5.41) is 14.3. The molecule has 2 aliphatic rings. The molecular formula is C11H18N6O. The lowest BCUT2D eigenvalue weighted by Crippen LogP contribution is -2.43. The Kier molecular flexibility index (Phi) is 3.22. The lowest BCUT2D eigenvalue weighted by atomic mass is 10.2. The van der Waals surface area contributed by atoms with E-state index in [4.69, 9.17) is 0 Å².